The first-order valence-electron chi connectivity index (χ1n) is 9.41. The molecule has 0 heterocycles. The minimum absolute atomic E-state index is 0.0828. The molecule has 3 nitrogen and oxygen atoms in total. The first-order chi connectivity index (χ1) is 12.6. The van der Waals surface area contributed by atoms with Crippen LogP contribution in [0.15, 0.2) is 42.5 Å². The van der Waals surface area contributed by atoms with Gasteiger partial charge in [0.25, 0.3) is 5.91 Å². The van der Waals surface area contributed by atoms with Crippen LogP contribution in [0.25, 0.3) is 0 Å². The summed E-state index contributed by atoms with van der Waals surface area (Å²) in [7, 11) is 0. The van der Waals surface area contributed by atoms with Gasteiger partial charge in [0.15, 0.2) is 6.10 Å². The molecule has 1 amide bonds. The van der Waals surface area contributed by atoms with Crippen molar-refractivity contribution in [2.75, 3.05) is 0 Å². The van der Waals surface area contributed by atoms with Gasteiger partial charge in [-0.25, -0.2) is 4.39 Å². The predicted molar refractivity (Wildman–Crippen MR) is 101 cm³/mol. The summed E-state index contributed by atoms with van der Waals surface area (Å²) in [6.07, 6.45) is 4.72. The number of ether oxygens (including phenoxy) is 1. The Morgan fingerprint density at radius 1 is 1.12 bits per heavy atom. The largest absolute Gasteiger partial charge is 0.481 e. The van der Waals surface area contributed by atoms with E-state index in [1.807, 2.05) is 13.8 Å². The number of carbonyl (C=O) groups excluding carboxylic acids is 1. The number of carbonyl (C=O) groups is 1. The molecule has 0 saturated carbocycles. The standard InChI is InChI=1S/C22H26FNO2/c1-3-21(26-20-12-10-19(23)11-13-20)22(25)24-15(2)17-9-8-16-6-4-5-7-18(16)14-17/h8-15,21H,3-7H2,1-2H3,(H,24,25)/t15-,21+/m1/s1. The number of halogens is 1. The minimum atomic E-state index is -0.597. The van der Waals surface area contributed by atoms with Crippen LogP contribution in [0.4, 0.5) is 4.39 Å². The van der Waals surface area contributed by atoms with E-state index in [0.29, 0.717) is 12.2 Å². The number of fused-ring (bicyclic) bond motifs is 1. The molecule has 0 saturated heterocycles. The number of rotatable bonds is 6. The Balaban J connectivity index is 1.64. The van der Waals surface area contributed by atoms with Gasteiger partial charge in [0.2, 0.25) is 0 Å². The molecule has 0 bridgehead atoms. The first-order valence-corrected chi connectivity index (χ1v) is 9.41. The summed E-state index contributed by atoms with van der Waals surface area (Å²) in [5.41, 5.74) is 3.96. The van der Waals surface area contributed by atoms with Gasteiger partial charge in [-0.1, -0.05) is 25.1 Å². The third-order valence-corrected chi connectivity index (χ3v) is 4.99. The van der Waals surface area contributed by atoms with Crippen LogP contribution in [0.3, 0.4) is 0 Å². The molecule has 0 aromatic heterocycles. The number of amides is 1. The zero-order valence-corrected chi connectivity index (χ0v) is 15.4. The molecule has 0 unspecified atom stereocenters. The van der Waals surface area contributed by atoms with Gasteiger partial charge in [0.1, 0.15) is 11.6 Å². The third-order valence-electron chi connectivity index (χ3n) is 4.99. The average molecular weight is 355 g/mol. The normalized spacial score (nSPS) is 15.7. The van der Waals surface area contributed by atoms with Crippen molar-refractivity contribution in [2.24, 2.45) is 0 Å². The second-order valence-electron chi connectivity index (χ2n) is 6.93. The molecule has 138 valence electrons. The molecule has 1 N–H and O–H groups in total. The van der Waals surface area contributed by atoms with E-state index in [2.05, 4.69) is 23.5 Å². The zero-order chi connectivity index (χ0) is 18.5. The van der Waals surface area contributed by atoms with Crippen LogP contribution in [0.5, 0.6) is 5.75 Å². The summed E-state index contributed by atoms with van der Waals surface area (Å²) in [5.74, 6) is 0.0211. The number of benzene rings is 2. The fraction of sp³-hybridized carbons (Fsp3) is 0.409. The average Bonchev–Trinajstić information content (AvgIpc) is 2.67. The lowest BCUT2D eigenvalue weighted by molar-refractivity contribution is -0.128. The van der Waals surface area contributed by atoms with Crippen LogP contribution < -0.4 is 10.1 Å². The molecule has 4 heteroatoms. The van der Waals surface area contributed by atoms with E-state index < -0.39 is 6.10 Å². The first kappa shape index (κ1) is 18.4. The van der Waals surface area contributed by atoms with E-state index in [1.165, 1.54) is 48.2 Å². The Bertz CT molecular complexity index is 757. The highest BCUT2D eigenvalue weighted by Crippen LogP contribution is 2.25. The quantitative estimate of drug-likeness (QED) is 0.813. The van der Waals surface area contributed by atoms with Crippen molar-refractivity contribution in [1.82, 2.24) is 5.32 Å². The van der Waals surface area contributed by atoms with Crippen LogP contribution >= 0.6 is 0 Å². The lowest BCUT2D eigenvalue weighted by Gasteiger charge is -2.22. The highest BCUT2D eigenvalue weighted by molar-refractivity contribution is 5.81. The van der Waals surface area contributed by atoms with E-state index in [4.69, 9.17) is 4.74 Å². The van der Waals surface area contributed by atoms with Crippen molar-refractivity contribution < 1.29 is 13.9 Å². The molecule has 0 spiro atoms. The van der Waals surface area contributed by atoms with Crippen LogP contribution in [-0.4, -0.2) is 12.0 Å². The van der Waals surface area contributed by atoms with Crippen molar-refractivity contribution in [3.8, 4) is 5.75 Å². The van der Waals surface area contributed by atoms with Crippen LogP contribution in [0, 0.1) is 5.82 Å². The number of nitrogens with one attached hydrogen (secondary N) is 1. The highest BCUT2D eigenvalue weighted by Gasteiger charge is 2.21. The van der Waals surface area contributed by atoms with E-state index in [0.717, 1.165) is 18.4 Å². The minimum Gasteiger partial charge on any atom is -0.481 e. The Hall–Kier alpha value is -2.36. The maximum atomic E-state index is 13.0. The molecule has 1 aliphatic carbocycles. The topological polar surface area (TPSA) is 38.3 Å². The number of hydrogen-bond donors (Lipinski definition) is 1. The van der Waals surface area contributed by atoms with E-state index in [1.54, 1.807) is 0 Å². The van der Waals surface area contributed by atoms with E-state index in [9.17, 15) is 9.18 Å². The van der Waals surface area contributed by atoms with Gasteiger partial charge in [-0.2, -0.15) is 0 Å². The molecule has 2 aromatic rings. The second-order valence-corrected chi connectivity index (χ2v) is 6.93. The predicted octanol–water partition coefficient (Wildman–Crippen LogP) is 4.74. The molecule has 3 rings (SSSR count). The Kier molecular flexibility index (Phi) is 5.92. The van der Waals surface area contributed by atoms with Crippen LogP contribution in [0.1, 0.15) is 55.8 Å². The maximum absolute atomic E-state index is 13.0. The van der Waals surface area contributed by atoms with Crippen molar-refractivity contribution in [3.05, 3.63) is 65.0 Å². The fourth-order valence-corrected chi connectivity index (χ4v) is 3.41. The smallest absolute Gasteiger partial charge is 0.261 e. The summed E-state index contributed by atoms with van der Waals surface area (Å²) >= 11 is 0. The summed E-state index contributed by atoms with van der Waals surface area (Å²) in [5, 5.41) is 3.05. The van der Waals surface area contributed by atoms with Gasteiger partial charge in [0.05, 0.1) is 6.04 Å². The molecule has 0 radical (unpaired) electrons. The van der Waals surface area contributed by atoms with E-state index in [-0.39, 0.29) is 17.8 Å². The third kappa shape index (κ3) is 4.43. The lowest BCUT2D eigenvalue weighted by Crippen LogP contribution is -2.39. The van der Waals surface area contributed by atoms with Crippen LogP contribution in [0.2, 0.25) is 0 Å². The highest BCUT2D eigenvalue weighted by atomic mass is 19.1. The van der Waals surface area contributed by atoms with Crippen molar-refractivity contribution in [1.29, 1.82) is 0 Å². The van der Waals surface area contributed by atoms with Crippen LogP contribution in [-0.2, 0) is 17.6 Å². The molecule has 26 heavy (non-hydrogen) atoms. The van der Waals surface area contributed by atoms with Gasteiger partial charge in [-0.15, -0.1) is 0 Å². The number of hydrogen-bond acceptors (Lipinski definition) is 2. The Morgan fingerprint density at radius 3 is 2.50 bits per heavy atom. The maximum Gasteiger partial charge on any atom is 0.261 e. The summed E-state index contributed by atoms with van der Waals surface area (Å²) in [4.78, 5) is 12.6. The monoisotopic (exact) mass is 355 g/mol. The zero-order valence-electron chi connectivity index (χ0n) is 15.4. The Morgan fingerprint density at radius 2 is 1.81 bits per heavy atom. The number of aryl methyl sites for hydroxylation is 2. The SMILES string of the molecule is CC[C@H](Oc1ccc(F)cc1)C(=O)N[C@H](C)c1ccc2c(c1)CCCC2. The summed E-state index contributed by atoms with van der Waals surface area (Å²) in [6, 6.07) is 12.2. The fourth-order valence-electron chi connectivity index (χ4n) is 3.41. The van der Waals surface area contributed by atoms with Gasteiger partial charge in [0, 0.05) is 0 Å². The molecule has 2 aromatic carbocycles. The second kappa shape index (κ2) is 8.35. The molecule has 1 aliphatic rings. The Labute approximate surface area is 154 Å². The van der Waals surface area contributed by atoms with Gasteiger partial charge < -0.3 is 10.1 Å². The van der Waals surface area contributed by atoms with Gasteiger partial charge in [-0.05, 0) is 80.0 Å². The molecular formula is C22H26FNO2. The summed E-state index contributed by atoms with van der Waals surface area (Å²) in [6.45, 7) is 3.89. The van der Waals surface area contributed by atoms with Crippen molar-refractivity contribution in [2.45, 2.75) is 58.1 Å². The van der Waals surface area contributed by atoms with Gasteiger partial charge >= 0.3 is 0 Å². The van der Waals surface area contributed by atoms with Gasteiger partial charge in [-0.3, -0.25) is 4.79 Å². The van der Waals surface area contributed by atoms with E-state index >= 15 is 0 Å². The molecule has 0 fully saturated rings. The molecule has 0 aliphatic heterocycles. The lowest BCUT2D eigenvalue weighted by atomic mass is 9.89. The molecule has 2 atom stereocenters. The summed E-state index contributed by atoms with van der Waals surface area (Å²) < 4.78 is 18.7. The van der Waals surface area contributed by atoms with Crippen molar-refractivity contribution in [3.63, 3.8) is 0 Å². The van der Waals surface area contributed by atoms with Crippen molar-refractivity contribution >= 4 is 5.91 Å². The molecular weight excluding hydrogens is 329 g/mol.